The number of anilines is 1. The number of hydrogen-bond donors (Lipinski definition) is 0. The zero-order valence-electron chi connectivity index (χ0n) is 18.7. The molecule has 0 atom stereocenters. The smallest absolute Gasteiger partial charge is 0.410 e. The van der Waals surface area contributed by atoms with Crippen LogP contribution in [0.5, 0.6) is 0 Å². The zero-order valence-corrected chi connectivity index (χ0v) is 20.4. The van der Waals surface area contributed by atoms with E-state index in [4.69, 9.17) is 21.3 Å². The van der Waals surface area contributed by atoms with Gasteiger partial charge in [-0.15, -0.1) is 5.54 Å². The first-order valence-electron chi connectivity index (χ1n) is 10.3. The van der Waals surface area contributed by atoms with Crippen LogP contribution in [0, 0.1) is 11.5 Å². The van der Waals surface area contributed by atoms with Gasteiger partial charge in [-0.05, 0) is 45.0 Å². The number of carbonyl (C=O) groups excluding carboxylic acids is 1. The topological polar surface area (TPSA) is 45.7 Å². The molecule has 3 rings (SSSR count). The molecule has 1 amide bonds. The lowest BCUT2D eigenvalue weighted by atomic mass is 10.1. The second-order valence-corrected chi connectivity index (χ2v) is 14.8. The Bertz CT molecular complexity index is 1010. The highest BCUT2D eigenvalue weighted by Crippen LogP contribution is 2.29. The fourth-order valence-electron chi connectivity index (χ4n) is 3.13. The van der Waals surface area contributed by atoms with Crippen LogP contribution in [0.4, 0.5) is 10.6 Å². The highest BCUT2D eigenvalue weighted by molar-refractivity contribution is 6.83. The third-order valence-corrected chi connectivity index (χ3v) is 5.72. The molecule has 5 nitrogen and oxygen atoms in total. The molecule has 0 bridgehead atoms. The van der Waals surface area contributed by atoms with Crippen molar-refractivity contribution >= 4 is 42.5 Å². The number of fused-ring (bicyclic) bond motifs is 1. The predicted octanol–water partition coefficient (Wildman–Crippen LogP) is 5.17. The first-order valence-corrected chi connectivity index (χ1v) is 14.2. The van der Waals surface area contributed by atoms with Crippen LogP contribution in [0.2, 0.25) is 24.7 Å². The SMILES string of the molecule is CC(C)(C)OC(=O)N1CCN(c2nc3ccc(C#C[Si](C)(C)C)cc3cc2Cl)CC1. The maximum Gasteiger partial charge on any atom is 0.410 e. The van der Waals surface area contributed by atoms with Crippen LogP contribution in [0.15, 0.2) is 24.3 Å². The van der Waals surface area contributed by atoms with Crippen molar-refractivity contribution < 1.29 is 9.53 Å². The molecule has 160 valence electrons. The minimum atomic E-state index is -1.42. The van der Waals surface area contributed by atoms with Gasteiger partial charge in [0.2, 0.25) is 0 Å². The van der Waals surface area contributed by atoms with E-state index in [1.807, 2.05) is 45.0 Å². The lowest BCUT2D eigenvalue weighted by Crippen LogP contribution is -2.50. The van der Waals surface area contributed by atoms with Crippen LogP contribution in [-0.2, 0) is 4.74 Å². The van der Waals surface area contributed by atoms with Gasteiger partial charge in [-0.1, -0.05) is 37.2 Å². The number of piperazine rings is 1. The molecule has 0 unspecified atom stereocenters. The summed E-state index contributed by atoms with van der Waals surface area (Å²) in [5.41, 5.74) is 4.78. The van der Waals surface area contributed by atoms with E-state index in [-0.39, 0.29) is 6.09 Å². The highest BCUT2D eigenvalue weighted by Gasteiger charge is 2.27. The van der Waals surface area contributed by atoms with Gasteiger partial charge < -0.3 is 14.5 Å². The van der Waals surface area contributed by atoms with Crippen molar-refractivity contribution in [2.45, 2.75) is 46.0 Å². The normalized spacial score (nSPS) is 15.0. The van der Waals surface area contributed by atoms with E-state index in [1.54, 1.807) is 4.90 Å². The number of aromatic nitrogens is 1. The number of amides is 1. The van der Waals surface area contributed by atoms with E-state index in [9.17, 15) is 4.79 Å². The summed E-state index contributed by atoms with van der Waals surface area (Å²) >= 11 is 6.59. The molecule has 7 heteroatoms. The van der Waals surface area contributed by atoms with Crippen molar-refractivity contribution in [2.75, 3.05) is 31.1 Å². The third kappa shape index (κ3) is 5.90. The van der Waals surface area contributed by atoms with Gasteiger partial charge in [-0.2, -0.15) is 0 Å². The van der Waals surface area contributed by atoms with Crippen molar-refractivity contribution in [3.05, 3.63) is 34.9 Å². The third-order valence-electron chi connectivity index (χ3n) is 4.56. The Morgan fingerprint density at radius 3 is 2.40 bits per heavy atom. The quantitative estimate of drug-likeness (QED) is 0.450. The van der Waals surface area contributed by atoms with E-state index in [1.165, 1.54) is 0 Å². The van der Waals surface area contributed by atoms with Gasteiger partial charge in [0.1, 0.15) is 19.5 Å². The van der Waals surface area contributed by atoms with E-state index in [0.717, 1.165) is 22.3 Å². The summed E-state index contributed by atoms with van der Waals surface area (Å²) in [6.07, 6.45) is -0.272. The van der Waals surface area contributed by atoms with Crippen LogP contribution in [0.3, 0.4) is 0 Å². The second kappa shape index (κ2) is 8.48. The van der Waals surface area contributed by atoms with Gasteiger partial charge in [0.25, 0.3) is 0 Å². The number of halogens is 1. The highest BCUT2D eigenvalue weighted by atomic mass is 35.5. The van der Waals surface area contributed by atoms with Crippen LogP contribution in [-0.4, -0.2) is 55.8 Å². The first-order chi connectivity index (χ1) is 13.9. The number of hydrogen-bond acceptors (Lipinski definition) is 4. The molecule has 0 saturated carbocycles. The average molecular weight is 444 g/mol. The van der Waals surface area contributed by atoms with Gasteiger partial charge in [-0.25, -0.2) is 9.78 Å². The van der Waals surface area contributed by atoms with Crippen molar-refractivity contribution in [3.8, 4) is 11.5 Å². The molecule has 0 radical (unpaired) electrons. The summed E-state index contributed by atoms with van der Waals surface area (Å²) in [6, 6.07) is 8.02. The van der Waals surface area contributed by atoms with E-state index >= 15 is 0 Å². The Balaban J connectivity index is 1.75. The standard InChI is InChI=1S/C23H30ClN3O2Si/c1-23(2,3)29-22(28)27-12-10-26(11-13-27)21-19(24)16-18-15-17(7-8-20(18)25-21)9-14-30(4,5)6/h7-8,15-16H,10-13H2,1-6H3. The molecule has 1 fully saturated rings. The molecule has 1 aliphatic rings. The lowest BCUT2D eigenvalue weighted by Gasteiger charge is -2.36. The van der Waals surface area contributed by atoms with E-state index < -0.39 is 13.7 Å². The lowest BCUT2D eigenvalue weighted by molar-refractivity contribution is 0.0240. The Hall–Kier alpha value is -2.23. The summed E-state index contributed by atoms with van der Waals surface area (Å²) in [5, 5.41) is 1.60. The minimum absolute atomic E-state index is 0.272. The summed E-state index contributed by atoms with van der Waals surface area (Å²) in [5.74, 6) is 4.05. The van der Waals surface area contributed by atoms with E-state index in [0.29, 0.717) is 31.2 Å². The maximum absolute atomic E-state index is 12.3. The first kappa shape index (κ1) is 22.5. The van der Waals surface area contributed by atoms with Gasteiger partial charge in [-0.3, -0.25) is 0 Å². The summed E-state index contributed by atoms with van der Waals surface area (Å²) in [6.45, 7) is 14.8. The van der Waals surface area contributed by atoms with Crippen molar-refractivity contribution in [1.82, 2.24) is 9.88 Å². The van der Waals surface area contributed by atoms with Crippen molar-refractivity contribution in [1.29, 1.82) is 0 Å². The average Bonchev–Trinajstić information content (AvgIpc) is 2.64. The molecule has 2 heterocycles. The van der Waals surface area contributed by atoms with Crippen LogP contribution in [0.25, 0.3) is 10.9 Å². The molecule has 1 aliphatic heterocycles. The van der Waals surface area contributed by atoms with Gasteiger partial charge in [0.05, 0.1) is 10.5 Å². The minimum Gasteiger partial charge on any atom is -0.444 e. The van der Waals surface area contributed by atoms with Crippen LogP contribution >= 0.6 is 11.6 Å². The zero-order chi connectivity index (χ0) is 22.1. The molecule has 1 aromatic carbocycles. The number of rotatable bonds is 1. The van der Waals surface area contributed by atoms with Crippen LogP contribution in [0.1, 0.15) is 26.3 Å². The number of benzene rings is 1. The molecular formula is C23H30ClN3O2Si. The molecule has 0 aliphatic carbocycles. The Morgan fingerprint density at radius 1 is 1.13 bits per heavy atom. The number of pyridine rings is 1. The Kier molecular flexibility index (Phi) is 6.35. The molecule has 1 aromatic heterocycles. The molecular weight excluding hydrogens is 414 g/mol. The fraction of sp³-hybridized carbons (Fsp3) is 0.478. The molecule has 1 saturated heterocycles. The molecule has 30 heavy (non-hydrogen) atoms. The Morgan fingerprint density at radius 2 is 1.80 bits per heavy atom. The summed E-state index contributed by atoms with van der Waals surface area (Å²) < 4.78 is 5.47. The fourth-order valence-corrected chi connectivity index (χ4v) is 3.93. The number of carbonyl (C=O) groups is 1. The number of ether oxygens (including phenoxy) is 1. The molecule has 0 spiro atoms. The van der Waals surface area contributed by atoms with Crippen molar-refractivity contribution in [2.24, 2.45) is 0 Å². The monoisotopic (exact) mass is 443 g/mol. The Labute approximate surface area is 185 Å². The van der Waals surface area contributed by atoms with Gasteiger partial charge in [0.15, 0.2) is 0 Å². The number of nitrogens with zero attached hydrogens (tertiary/aromatic N) is 3. The largest absolute Gasteiger partial charge is 0.444 e. The molecule has 0 N–H and O–H groups in total. The second-order valence-electron chi connectivity index (χ2n) is 9.66. The summed E-state index contributed by atoms with van der Waals surface area (Å²) in [4.78, 5) is 20.9. The van der Waals surface area contributed by atoms with Crippen molar-refractivity contribution in [3.63, 3.8) is 0 Å². The van der Waals surface area contributed by atoms with Gasteiger partial charge in [0, 0.05) is 37.1 Å². The van der Waals surface area contributed by atoms with Crippen LogP contribution < -0.4 is 4.90 Å². The molecule has 2 aromatic rings. The summed E-state index contributed by atoms with van der Waals surface area (Å²) in [7, 11) is -1.42. The van der Waals surface area contributed by atoms with Gasteiger partial charge >= 0.3 is 6.09 Å². The predicted molar refractivity (Wildman–Crippen MR) is 127 cm³/mol. The maximum atomic E-state index is 12.3. The van der Waals surface area contributed by atoms with E-state index in [2.05, 4.69) is 36.0 Å².